The highest BCUT2D eigenvalue weighted by Gasteiger charge is 2.15. The molecular weight excluding hydrogens is 386 g/mol. The fourth-order valence-corrected chi connectivity index (χ4v) is 4.22. The molecule has 0 saturated heterocycles. The van der Waals surface area contributed by atoms with E-state index < -0.39 is 0 Å². The average molecular weight is 414 g/mol. The summed E-state index contributed by atoms with van der Waals surface area (Å²) < 4.78 is 0. The Balaban J connectivity index is 1.54. The van der Waals surface area contributed by atoms with Gasteiger partial charge in [-0.3, -0.25) is 0 Å². The van der Waals surface area contributed by atoms with Crippen LogP contribution < -0.4 is 4.90 Å². The molecule has 0 N–H and O–H groups in total. The zero-order valence-corrected chi connectivity index (χ0v) is 18.4. The monoisotopic (exact) mass is 413 g/mol. The van der Waals surface area contributed by atoms with E-state index in [0.717, 1.165) is 12.8 Å². The van der Waals surface area contributed by atoms with Crippen molar-refractivity contribution in [2.24, 2.45) is 0 Å². The second kappa shape index (κ2) is 9.11. The summed E-state index contributed by atoms with van der Waals surface area (Å²) in [6, 6.07) is 37.0. The van der Waals surface area contributed by atoms with E-state index in [9.17, 15) is 0 Å². The first-order valence-corrected chi connectivity index (χ1v) is 11.3. The molecule has 0 bridgehead atoms. The van der Waals surface area contributed by atoms with Crippen LogP contribution in [-0.4, -0.2) is 0 Å². The highest BCUT2D eigenvalue weighted by Crippen LogP contribution is 2.35. The zero-order chi connectivity index (χ0) is 21.8. The summed E-state index contributed by atoms with van der Waals surface area (Å²) in [6.45, 7) is 2.12. The van der Waals surface area contributed by atoms with Gasteiger partial charge in [0.05, 0.1) is 0 Å². The van der Waals surface area contributed by atoms with Gasteiger partial charge in [-0.25, -0.2) is 0 Å². The highest BCUT2D eigenvalue weighted by atomic mass is 15.1. The molecular formula is C31H27N. The van der Waals surface area contributed by atoms with Crippen LogP contribution in [0.4, 0.5) is 11.4 Å². The lowest BCUT2D eigenvalue weighted by Crippen LogP contribution is -2.16. The van der Waals surface area contributed by atoms with Gasteiger partial charge in [0.1, 0.15) is 0 Å². The third-order valence-electron chi connectivity index (χ3n) is 5.96. The van der Waals surface area contributed by atoms with E-state index >= 15 is 0 Å². The Morgan fingerprint density at radius 2 is 1.22 bits per heavy atom. The second-order valence-electron chi connectivity index (χ2n) is 8.27. The maximum absolute atomic E-state index is 2.36. The molecule has 0 aliphatic heterocycles. The van der Waals surface area contributed by atoms with Gasteiger partial charge >= 0.3 is 0 Å². The van der Waals surface area contributed by atoms with Crippen LogP contribution in [0.5, 0.6) is 0 Å². The fourth-order valence-electron chi connectivity index (χ4n) is 4.22. The quantitative estimate of drug-likeness (QED) is 0.316. The number of aryl methyl sites for hydroxylation is 1. The maximum atomic E-state index is 2.36. The SMILES string of the molecule is Cc1ccc(-c2ccc(N(C3=CCCC=C3)c3cccc(-c4ccccc4)c3)cc2)cc1. The Labute approximate surface area is 191 Å². The minimum Gasteiger partial charge on any atom is -0.311 e. The molecule has 0 aromatic heterocycles. The van der Waals surface area contributed by atoms with Crippen LogP contribution >= 0.6 is 0 Å². The molecule has 4 aromatic carbocycles. The molecule has 0 heterocycles. The van der Waals surface area contributed by atoms with Crippen LogP contribution in [0.15, 0.2) is 127 Å². The third kappa shape index (κ3) is 4.29. The number of allylic oxidation sites excluding steroid dienone is 3. The smallest absolute Gasteiger partial charge is 0.0467 e. The van der Waals surface area contributed by atoms with Gasteiger partial charge in [-0.05, 0) is 72.4 Å². The van der Waals surface area contributed by atoms with Gasteiger partial charge in [0.15, 0.2) is 0 Å². The lowest BCUT2D eigenvalue weighted by atomic mass is 10.0. The van der Waals surface area contributed by atoms with E-state index in [4.69, 9.17) is 0 Å². The van der Waals surface area contributed by atoms with Crippen molar-refractivity contribution in [2.45, 2.75) is 19.8 Å². The van der Waals surface area contributed by atoms with Gasteiger partial charge in [0.2, 0.25) is 0 Å². The fraction of sp³-hybridized carbons (Fsp3) is 0.0968. The molecule has 0 radical (unpaired) electrons. The average Bonchev–Trinajstić information content (AvgIpc) is 2.87. The zero-order valence-electron chi connectivity index (χ0n) is 18.4. The van der Waals surface area contributed by atoms with Crippen molar-refractivity contribution in [3.8, 4) is 22.3 Å². The summed E-state index contributed by atoms with van der Waals surface area (Å²) in [5, 5.41) is 0. The van der Waals surface area contributed by atoms with E-state index in [1.165, 1.54) is 44.9 Å². The predicted octanol–water partition coefficient (Wildman–Crippen LogP) is 8.70. The molecule has 4 aromatic rings. The van der Waals surface area contributed by atoms with Crippen molar-refractivity contribution in [1.29, 1.82) is 0 Å². The Hall–Kier alpha value is -3.84. The van der Waals surface area contributed by atoms with Gasteiger partial charge in [-0.1, -0.05) is 96.6 Å². The van der Waals surface area contributed by atoms with Crippen molar-refractivity contribution >= 4 is 11.4 Å². The number of rotatable bonds is 5. The highest BCUT2D eigenvalue weighted by molar-refractivity contribution is 5.77. The minimum atomic E-state index is 1.07. The molecule has 0 fully saturated rings. The lowest BCUT2D eigenvalue weighted by Gasteiger charge is -2.28. The van der Waals surface area contributed by atoms with Gasteiger partial charge in [-0.2, -0.15) is 0 Å². The molecule has 1 heteroatoms. The normalized spacial score (nSPS) is 13.0. The van der Waals surface area contributed by atoms with E-state index in [1.54, 1.807) is 0 Å². The largest absolute Gasteiger partial charge is 0.311 e. The van der Waals surface area contributed by atoms with Gasteiger partial charge in [0, 0.05) is 17.1 Å². The first kappa shape index (κ1) is 20.1. The summed E-state index contributed by atoms with van der Waals surface area (Å²) in [4.78, 5) is 2.36. The van der Waals surface area contributed by atoms with E-state index in [-0.39, 0.29) is 0 Å². The Kier molecular flexibility index (Phi) is 5.72. The van der Waals surface area contributed by atoms with Gasteiger partial charge in [-0.15, -0.1) is 0 Å². The molecule has 1 aliphatic carbocycles. The van der Waals surface area contributed by atoms with Crippen molar-refractivity contribution in [3.63, 3.8) is 0 Å². The molecule has 32 heavy (non-hydrogen) atoms. The Morgan fingerprint density at radius 3 is 1.91 bits per heavy atom. The molecule has 1 nitrogen and oxygen atoms in total. The Bertz CT molecular complexity index is 1250. The third-order valence-corrected chi connectivity index (χ3v) is 5.96. The molecule has 0 atom stereocenters. The molecule has 1 aliphatic rings. The minimum absolute atomic E-state index is 1.07. The maximum Gasteiger partial charge on any atom is 0.0467 e. The molecule has 156 valence electrons. The number of hydrogen-bond acceptors (Lipinski definition) is 1. The number of nitrogens with zero attached hydrogens (tertiary/aromatic N) is 1. The number of hydrogen-bond donors (Lipinski definition) is 0. The standard InChI is InChI=1S/C31H27N/c1-24-15-17-26(18-16-24)27-19-21-30(22-20-27)32(29-12-6-3-7-13-29)31-14-8-11-28(23-31)25-9-4-2-5-10-25/h2,4-6,8-23H,3,7H2,1H3. The molecule has 5 rings (SSSR count). The molecule has 0 spiro atoms. The number of anilines is 2. The first-order valence-electron chi connectivity index (χ1n) is 11.3. The second-order valence-corrected chi connectivity index (χ2v) is 8.27. The summed E-state index contributed by atoms with van der Waals surface area (Å²) in [6.07, 6.45) is 9.02. The summed E-state index contributed by atoms with van der Waals surface area (Å²) >= 11 is 0. The van der Waals surface area contributed by atoms with Crippen molar-refractivity contribution in [3.05, 3.63) is 133 Å². The summed E-state index contributed by atoms with van der Waals surface area (Å²) in [5.74, 6) is 0. The first-order chi connectivity index (χ1) is 15.8. The van der Waals surface area contributed by atoms with E-state index in [2.05, 4.69) is 133 Å². The topological polar surface area (TPSA) is 3.24 Å². The van der Waals surface area contributed by atoms with Crippen LogP contribution in [0.25, 0.3) is 22.3 Å². The van der Waals surface area contributed by atoms with Crippen LogP contribution in [0.1, 0.15) is 18.4 Å². The summed E-state index contributed by atoms with van der Waals surface area (Å²) in [5.41, 5.74) is 9.80. The molecule has 0 amide bonds. The van der Waals surface area contributed by atoms with Gasteiger partial charge in [0.25, 0.3) is 0 Å². The van der Waals surface area contributed by atoms with E-state index in [1.807, 2.05) is 0 Å². The van der Waals surface area contributed by atoms with Crippen LogP contribution in [0.2, 0.25) is 0 Å². The number of benzene rings is 4. The van der Waals surface area contributed by atoms with Crippen molar-refractivity contribution in [1.82, 2.24) is 0 Å². The van der Waals surface area contributed by atoms with Crippen LogP contribution in [-0.2, 0) is 0 Å². The lowest BCUT2D eigenvalue weighted by molar-refractivity contribution is 0.997. The van der Waals surface area contributed by atoms with Crippen LogP contribution in [0, 0.1) is 6.92 Å². The molecule has 0 unspecified atom stereocenters. The van der Waals surface area contributed by atoms with Crippen molar-refractivity contribution < 1.29 is 0 Å². The predicted molar refractivity (Wildman–Crippen MR) is 137 cm³/mol. The van der Waals surface area contributed by atoms with Crippen molar-refractivity contribution in [2.75, 3.05) is 4.90 Å². The Morgan fingerprint density at radius 1 is 0.562 bits per heavy atom. The van der Waals surface area contributed by atoms with E-state index in [0.29, 0.717) is 0 Å². The summed E-state index contributed by atoms with van der Waals surface area (Å²) in [7, 11) is 0. The van der Waals surface area contributed by atoms with Gasteiger partial charge < -0.3 is 4.90 Å². The van der Waals surface area contributed by atoms with Crippen LogP contribution in [0.3, 0.4) is 0 Å². The molecule has 0 saturated carbocycles.